The Morgan fingerprint density at radius 3 is 2.45 bits per heavy atom. The first-order valence-corrected chi connectivity index (χ1v) is 7.28. The van der Waals surface area contributed by atoms with E-state index in [0.29, 0.717) is 13.2 Å². The van der Waals surface area contributed by atoms with Crippen LogP contribution < -0.4 is 10.6 Å². The third kappa shape index (κ3) is 7.08. The van der Waals surface area contributed by atoms with Crippen LogP contribution >= 0.6 is 0 Å². The lowest BCUT2D eigenvalue weighted by Gasteiger charge is -2.17. The van der Waals surface area contributed by atoms with Crippen molar-refractivity contribution in [1.82, 2.24) is 10.6 Å². The number of nitrogens with one attached hydrogen (secondary N) is 2. The maximum atomic E-state index is 11.7. The second kappa shape index (κ2) is 9.78. The highest BCUT2D eigenvalue weighted by Crippen LogP contribution is 1.98. The van der Waals surface area contributed by atoms with Crippen molar-refractivity contribution in [3.63, 3.8) is 0 Å². The summed E-state index contributed by atoms with van der Waals surface area (Å²) in [6, 6.07) is 8.99. The Balaban J connectivity index is 2.43. The van der Waals surface area contributed by atoms with Crippen LogP contribution in [0.2, 0.25) is 0 Å². The molecule has 0 saturated heterocycles. The summed E-state index contributed by atoms with van der Waals surface area (Å²) in [6.07, 6.45) is -0.620. The van der Waals surface area contributed by atoms with E-state index in [1.54, 1.807) is 0 Å². The minimum Gasteiger partial charge on any atom is -0.467 e. The number of carbonyl (C=O) groups is 2. The molecule has 0 spiro atoms. The normalized spacial score (nSPS) is 11.8. The summed E-state index contributed by atoms with van der Waals surface area (Å²) in [7, 11) is 1.29. The fraction of sp³-hybridized carbons (Fsp3) is 0.500. The second-order valence-corrected chi connectivity index (χ2v) is 5.33. The SMILES string of the molecule is COC(=O)C(CNCc1ccccc1)NC(=O)OCC(C)C. The molecule has 0 saturated carbocycles. The quantitative estimate of drug-likeness (QED) is 0.715. The third-order valence-corrected chi connectivity index (χ3v) is 2.85. The van der Waals surface area contributed by atoms with Gasteiger partial charge in [0.15, 0.2) is 0 Å². The third-order valence-electron chi connectivity index (χ3n) is 2.85. The second-order valence-electron chi connectivity index (χ2n) is 5.33. The predicted octanol–water partition coefficient (Wildman–Crippen LogP) is 1.70. The van der Waals surface area contributed by atoms with Gasteiger partial charge in [-0.15, -0.1) is 0 Å². The van der Waals surface area contributed by atoms with Gasteiger partial charge >= 0.3 is 12.1 Å². The van der Waals surface area contributed by atoms with Crippen LogP contribution in [0.3, 0.4) is 0 Å². The molecule has 0 aliphatic carbocycles. The Kier molecular flexibility index (Phi) is 7.99. The monoisotopic (exact) mass is 308 g/mol. The van der Waals surface area contributed by atoms with E-state index in [-0.39, 0.29) is 12.5 Å². The molecule has 6 heteroatoms. The predicted molar refractivity (Wildman–Crippen MR) is 83.3 cm³/mol. The fourth-order valence-electron chi connectivity index (χ4n) is 1.72. The molecule has 1 aromatic rings. The summed E-state index contributed by atoms with van der Waals surface area (Å²) in [6.45, 7) is 5.03. The Bertz CT molecular complexity index is 462. The van der Waals surface area contributed by atoms with Gasteiger partial charge in [0, 0.05) is 13.1 Å². The Labute approximate surface area is 131 Å². The molecule has 1 rings (SSSR count). The van der Waals surface area contributed by atoms with Crippen molar-refractivity contribution in [2.24, 2.45) is 5.92 Å². The maximum absolute atomic E-state index is 11.7. The van der Waals surface area contributed by atoms with E-state index in [9.17, 15) is 9.59 Å². The number of rotatable bonds is 8. The molecule has 6 nitrogen and oxygen atoms in total. The summed E-state index contributed by atoms with van der Waals surface area (Å²) in [5, 5.41) is 5.63. The standard InChI is InChI=1S/C16H24N2O4/c1-12(2)11-22-16(20)18-14(15(19)21-3)10-17-9-13-7-5-4-6-8-13/h4-8,12,14,17H,9-11H2,1-3H3,(H,18,20). The Hall–Kier alpha value is -2.08. The molecule has 0 aromatic heterocycles. The van der Waals surface area contributed by atoms with E-state index in [1.165, 1.54) is 7.11 Å². The van der Waals surface area contributed by atoms with Crippen LogP contribution in [-0.4, -0.2) is 38.4 Å². The number of hydrogen-bond donors (Lipinski definition) is 2. The van der Waals surface area contributed by atoms with Crippen LogP contribution in [0.4, 0.5) is 4.79 Å². The van der Waals surface area contributed by atoms with Crippen LogP contribution in [0.5, 0.6) is 0 Å². The number of amides is 1. The molecule has 0 heterocycles. The van der Waals surface area contributed by atoms with E-state index in [2.05, 4.69) is 10.6 Å². The molecule has 1 unspecified atom stereocenters. The van der Waals surface area contributed by atoms with Gasteiger partial charge in [-0.25, -0.2) is 9.59 Å². The number of benzene rings is 1. The van der Waals surface area contributed by atoms with Gasteiger partial charge in [-0.1, -0.05) is 44.2 Å². The summed E-state index contributed by atoms with van der Waals surface area (Å²) >= 11 is 0. The molecule has 0 radical (unpaired) electrons. The number of ether oxygens (including phenoxy) is 2. The van der Waals surface area contributed by atoms with Crippen molar-refractivity contribution in [3.8, 4) is 0 Å². The van der Waals surface area contributed by atoms with Gasteiger partial charge < -0.3 is 20.1 Å². The smallest absolute Gasteiger partial charge is 0.407 e. The van der Waals surface area contributed by atoms with Crippen molar-refractivity contribution in [2.75, 3.05) is 20.3 Å². The molecule has 22 heavy (non-hydrogen) atoms. The van der Waals surface area contributed by atoms with Gasteiger partial charge in [0.2, 0.25) is 0 Å². The molecule has 1 atom stereocenters. The molecule has 1 aromatic carbocycles. The molecule has 1 amide bonds. The van der Waals surface area contributed by atoms with Crippen molar-refractivity contribution in [3.05, 3.63) is 35.9 Å². The molecule has 0 fully saturated rings. The molecule has 122 valence electrons. The topological polar surface area (TPSA) is 76.7 Å². The van der Waals surface area contributed by atoms with Gasteiger partial charge in [-0.2, -0.15) is 0 Å². The summed E-state index contributed by atoms with van der Waals surface area (Å²) in [4.78, 5) is 23.3. The summed E-state index contributed by atoms with van der Waals surface area (Å²) in [5.74, 6) is -0.277. The van der Waals surface area contributed by atoms with Gasteiger partial charge in [-0.05, 0) is 11.5 Å². The zero-order valence-electron chi connectivity index (χ0n) is 13.3. The molecule has 0 aliphatic rings. The Morgan fingerprint density at radius 2 is 1.86 bits per heavy atom. The Morgan fingerprint density at radius 1 is 1.18 bits per heavy atom. The highest BCUT2D eigenvalue weighted by Gasteiger charge is 2.21. The average molecular weight is 308 g/mol. The van der Waals surface area contributed by atoms with E-state index in [1.807, 2.05) is 44.2 Å². The maximum Gasteiger partial charge on any atom is 0.407 e. The fourth-order valence-corrected chi connectivity index (χ4v) is 1.72. The average Bonchev–Trinajstić information content (AvgIpc) is 2.52. The number of alkyl carbamates (subject to hydrolysis) is 1. The van der Waals surface area contributed by atoms with Gasteiger partial charge in [0.05, 0.1) is 13.7 Å². The zero-order chi connectivity index (χ0) is 16.4. The minimum atomic E-state index is -0.784. The van der Waals surface area contributed by atoms with E-state index in [4.69, 9.17) is 9.47 Å². The van der Waals surface area contributed by atoms with Crippen LogP contribution in [0.1, 0.15) is 19.4 Å². The lowest BCUT2D eigenvalue weighted by atomic mass is 10.2. The first kappa shape index (κ1) is 18.0. The summed E-state index contributed by atoms with van der Waals surface area (Å²) < 4.78 is 9.70. The number of methoxy groups -OCH3 is 1. The van der Waals surface area contributed by atoms with Crippen molar-refractivity contribution in [1.29, 1.82) is 0 Å². The number of carbonyl (C=O) groups excluding carboxylic acids is 2. The molecule has 0 bridgehead atoms. The minimum absolute atomic E-state index is 0.235. The largest absolute Gasteiger partial charge is 0.467 e. The van der Waals surface area contributed by atoms with E-state index >= 15 is 0 Å². The van der Waals surface area contributed by atoms with Gasteiger partial charge in [-0.3, -0.25) is 0 Å². The molecule has 0 aliphatic heterocycles. The van der Waals surface area contributed by atoms with Gasteiger partial charge in [0.25, 0.3) is 0 Å². The highest BCUT2D eigenvalue weighted by molar-refractivity contribution is 5.81. The summed E-state index contributed by atoms with van der Waals surface area (Å²) in [5.41, 5.74) is 1.09. The van der Waals surface area contributed by atoms with Crippen molar-refractivity contribution in [2.45, 2.75) is 26.4 Å². The van der Waals surface area contributed by atoms with E-state index < -0.39 is 18.1 Å². The molecular formula is C16H24N2O4. The van der Waals surface area contributed by atoms with Crippen molar-refractivity contribution >= 4 is 12.1 Å². The van der Waals surface area contributed by atoms with Crippen LogP contribution in [0.15, 0.2) is 30.3 Å². The zero-order valence-corrected chi connectivity index (χ0v) is 13.3. The van der Waals surface area contributed by atoms with Gasteiger partial charge in [0.1, 0.15) is 6.04 Å². The van der Waals surface area contributed by atoms with Crippen LogP contribution in [-0.2, 0) is 20.8 Å². The molecular weight excluding hydrogens is 284 g/mol. The van der Waals surface area contributed by atoms with Crippen molar-refractivity contribution < 1.29 is 19.1 Å². The first-order chi connectivity index (χ1) is 10.5. The number of hydrogen-bond acceptors (Lipinski definition) is 5. The van der Waals surface area contributed by atoms with E-state index in [0.717, 1.165) is 5.56 Å². The molecule has 2 N–H and O–H groups in total. The highest BCUT2D eigenvalue weighted by atomic mass is 16.6. The number of esters is 1. The lowest BCUT2D eigenvalue weighted by Crippen LogP contribution is -2.48. The lowest BCUT2D eigenvalue weighted by molar-refractivity contribution is -0.142. The first-order valence-electron chi connectivity index (χ1n) is 7.28. The van der Waals surface area contributed by atoms with Crippen LogP contribution in [0.25, 0.3) is 0 Å². The van der Waals surface area contributed by atoms with Crippen LogP contribution in [0, 0.1) is 5.92 Å².